The maximum Gasteiger partial charge on any atom is 0.313 e. The lowest BCUT2D eigenvalue weighted by Crippen LogP contribution is -2.19. The van der Waals surface area contributed by atoms with Crippen molar-refractivity contribution in [2.24, 2.45) is 0 Å². The number of alkyl halides is 2. The molecular formula is C22H36Br2O6. The van der Waals surface area contributed by atoms with Crippen LogP contribution in [0.5, 0.6) is 0 Å². The second kappa shape index (κ2) is 19.0. The number of ketones is 2. The van der Waals surface area contributed by atoms with Crippen LogP contribution in [0.1, 0.15) is 96.8 Å². The Bertz CT molecular complexity index is 524. The molecule has 0 bridgehead atoms. The van der Waals surface area contributed by atoms with Gasteiger partial charge in [0, 0.05) is 0 Å². The minimum Gasteiger partial charge on any atom is -0.481 e. The van der Waals surface area contributed by atoms with Gasteiger partial charge in [0.2, 0.25) is 0 Å². The van der Waals surface area contributed by atoms with Crippen LogP contribution in [0.25, 0.3) is 0 Å². The van der Waals surface area contributed by atoms with E-state index in [9.17, 15) is 19.2 Å². The van der Waals surface area contributed by atoms with E-state index in [0.717, 1.165) is 44.9 Å². The van der Waals surface area contributed by atoms with E-state index in [1.54, 1.807) is 6.92 Å². The van der Waals surface area contributed by atoms with E-state index in [-0.39, 0.29) is 27.6 Å². The topological polar surface area (TPSA) is 97.7 Å². The summed E-state index contributed by atoms with van der Waals surface area (Å²) in [4.78, 5) is 44.6. The number of carbonyl (C=O) groups excluding carboxylic acids is 3. The molecule has 30 heavy (non-hydrogen) atoms. The summed E-state index contributed by atoms with van der Waals surface area (Å²) in [7, 11) is 0. The van der Waals surface area contributed by atoms with Gasteiger partial charge in [0.15, 0.2) is 11.6 Å². The number of ether oxygens (including phenoxy) is 1. The average Bonchev–Trinajstić information content (AvgIpc) is 2.67. The highest BCUT2D eigenvalue weighted by atomic mass is 79.9. The minimum absolute atomic E-state index is 0.106. The molecule has 0 aliphatic heterocycles. The third-order valence-corrected chi connectivity index (χ3v) is 6.75. The molecule has 0 saturated carbocycles. The van der Waals surface area contributed by atoms with Crippen molar-refractivity contribution in [3.8, 4) is 0 Å². The summed E-state index contributed by atoms with van der Waals surface area (Å²) >= 11 is 6.64. The van der Waals surface area contributed by atoms with Gasteiger partial charge in [-0.2, -0.15) is 0 Å². The zero-order valence-electron chi connectivity index (χ0n) is 18.0. The molecule has 2 atom stereocenters. The Hall–Kier alpha value is -0.760. The van der Waals surface area contributed by atoms with Gasteiger partial charge in [-0.1, -0.05) is 96.1 Å². The third-order valence-electron chi connectivity index (χ3n) is 4.81. The molecule has 0 aromatic carbocycles. The number of carboxylic acids is 1. The number of hydrogen-bond donors (Lipinski definition) is 1. The molecule has 0 rings (SSSR count). The van der Waals surface area contributed by atoms with Crippen molar-refractivity contribution in [1.82, 2.24) is 0 Å². The number of carbonyl (C=O) groups is 4. The maximum atomic E-state index is 11.9. The largest absolute Gasteiger partial charge is 0.481 e. The molecule has 2 unspecified atom stereocenters. The number of rotatable bonds is 20. The van der Waals surface area contributed by atoms with Gasteiger partial charge in [0.1, 0.15) is 12.8 Å². The lowest BCUT2D eigenvalue weighted by molar-refractivity contribution is -0.145. The fourth-order valence-electron chi connectivity index (χ4n) is 3.11. The Balaban J connectivity index is 3.48. The van der Waals surface area contributed by atoms with Crippen molar-refractivity contribution in [2.75, 3.05) is 6.61 Å². The summed E-state index contributed by atoms with van der Waals surface area (Å²) in [6.45, 7) is 2.02. The smallest absolute Gasteiger partial charge is 0.313 e. The van der Waals surface area contributed by atoms with Crippen molar-refractivity contribution in [1.29, 1.82) is 0 Å². The number of halogens is 2. The Kier molecular flexibility index (Phi) is 18.5. The quantitative estimate of drug-likeness (QED) is 0.0887. The van der Waals surface area contributed by atoms with E-state index in [2.05, 4.69) is 31.9 Å². The number of carboxylic acid groups (broad SMARTS) is 1. The second-order valence-electron chi connectivity index (χ2n) is 7.53. The Morgan fingerprint density at radius 1 is 0.700 bits per heavy atom. The van der Waals surface area contributed by atoms with Crippen LogP contribution in [-0.2, 0) is 23.9 Å². The third kappa shape index (κ3) is 17.0. The monoisotopic (exact) mass is 554 g/mol. The van der Waals surface area contributed by atoms with Crippen molar-refractivity contribution in [3.63, 3.8) is 0 Å². The van der Waals surface area contributed by atoms with Crippen molar-refractivity contribution >= 4 is 55.4 Å². The fourth-order valence-corrected chi connectivity index (χ4v) is 4.08. The van der Waals surface area contributed by atoms with Gasteiger partial charge in [-0.25, -0.2) is 0 Å². The number of aliphatic carboxylic acids is 1. The van der Waals surface area contributed by atoms with Crippen LogP contribution in [-0.4, -0.2) is 44.9 Å². The number of Topliss-reactive ketones (excluding diaryl/α,β-unsaturated/α-hetero) is 2. The molecule has 0 aliphatic rings. The van der Waals surface area contributed by atoms with Crippen LogP contribution < -0.4 is 0 Å². The van der Waals surface area contributed by atoms with Crippen LogP contribution in [0.15, 0.2) is 0 Å². The molecule has 1 N–H and O–H groups in total. The minimum atomic E-state index is -1.07. The molecule has 0 fully saturated rings. The summed E-state index contributed by atoms with van der Waals surface area (Å²) in [6.07, 6.45) is 12.0. The zero-order chi connectivity index (χ0) is 22.8. The summed E-state index contributed by atoms with van der Waals surface area (Å²) in [5.41, 5.74) is 0. The van der Waals surface area contributed by atoms with Crippen LogP contribution >= 0.6 is 31.9 Å². The SMILES string of the molecule is CCOC(=O)CC(=O)C(Br)CCCCCCCCCCCCC(Br)C(=O)CC(=O)O. The van der Waals surface area contributed by atoms with Gasteiger partial charge in [-0.3, -0.25) is 19.2 Å². The highest BCUT2D eigenvalue weighted by Gasteiger charge is 2.19. The van der Waals surface area contributed by atoms with Crippen LogP contribution in [0.4, 0.5) is 0 Å². The predicted octanol–water partition coefficient (Wildman–Crippen LogP) is 5.76. The Morgan fingerprint density at radius 2 is 1.07 bits per heavy atom. The fraction of sp³-hybridized carbons (Fsp3) is 0.818. The molecule has 0 amide bonds. The molecule has 0 heterocycles. The van der Waals surface area contributed by atoms with Crippen LogP contribution in [0.2, 0.25) is 0 Å². The molecular weight excluding hydrogens is 520 g/mol. The first-order valence-electron chi connectivity index (χ1n) is 11.0. The van der Waals surface area contributed by atoms with Crippen LogP contribution in [0.3, 0.4) is 0 Å². The van der Waals surface area contributed by atoms with E-state index < -0.39 is 18.4 Å². The summed E-state index contributed by atoms with van der Waals surface area (Å²) in [6, 6.07) is 0. The lowest BCUT2D eigenvalue weighted by atomic mass is 10.0. The maximum absolute atomic E-state index is 11.9. The highest BCUT2D eigenvalue weighted by Crippen LogP contribution is 2.18. The first kappa shape index (κ1) is 29.2. The van der Waals surface area contributed by atoms with Gasteiger partial charge in [0.25, 0.3) is 0 Å². The van der Waals surface area contributed by atoms with Crippen LogP contribution in [0, 0.1) is 0 Å². The number of esters is 1. The van der Waals surface area contributed by atoms with E-state index in [4.69, 9.17) is 9.84 Å². The van der Waals surface area contributed by atoms with Gasteiger partial charge in [-0.15, -0.1) is 0 Å². The molecule has 0 aliphatic carbocycles. The van der Waals surface area contributed by atoms with Crippen molar-refractivity contribution in [2.45, 2.75) is 106 Å². The molecule has 0 radical (unpaired) electrons. The van der Waals surface area contributed by atoms with E-state index >= 15 is 0 Å². The molecule has 0 aromatic rings. The van der Waals surface area contributed by atoms with E-state index in [0.29, 0.717) is 13.0 Å². The molecule has 8 heteroatoms. The Morgan fingerprint density at radius 3 is 1.43 bits per heavy atom. The highest BCUT2D eigenvalue weighted by molar-refractivity contribution is 9.10. The average molecular weight is 556 g/mol. The number of hydrogen-bond acceptors (Lipinski definition) is 5. The molecule has 174 valence electrons. The normalized spacial score (nSPS) is 12.9. The van der Waals surface area contributed by atoms with Gasteiger partial charge >= 0.3 is 11.9 Å². The zero-order valence-corrected chi connectivity index (χ0v) is 21.2. The summed E-state index contributed by atoms with van der Waals surface area (Å²) in [5.74, 6) is -1.88. The van der Waals surface area contributed by atoms with Gasteiger partial charge in [0.05, 0.1) is 16.3 Å². The standard InChI is InChI=1S/C22H36Br2O6/c1-2-30-22(29)16-20(26)18(24)14-12-10-8-6-4-3-5-7-9-11-13-17(23)19(25)15-21(27)28/h17-18H,2-16H2,1H3,(H,27,28). The van der Waals surface area contributed by atoms with E-state index in [1.165, 1.54) is 25.7 Å². The molecule has 6 nitrogen and oxygen atoms in total. The van der Waals surface area contributed by atoms with Crippen molar-refractivity contribution in [3.05, 3.63) is 0 Å². The number of unbranched alkanes of at least 4 members (excludes halogenated alkanes) is 9. The first-order chi connectivity index (χ1) is 14.3. The van der Waals surface area contributed by atoms with Gasteiger partial charge < -0.3 is 9.84 Å². The summed E-state index contributed by atoms with van der Waals surface area (Å²) in [5, 5.41) is 8.61. The second-order valence-corrected chi connectivity index (χ2v) is 9.74. The molecule has 0 saturated heterocycles. The van der Waals surface area contributed by atoms with Crippen molar-refractivity contribution < 1.29 is 29.0 Å². The Labute approximate surface area is 197 Å². The van der Waals surface area contributed by atoms with E-state index in [1.807, 2.05) is 0 Å². The predicted molar refractivity (Wildman–Crippen MR) is 124 cm³/mol. The van der Waals surface area contributed by atoms with Gasteiger partial charge in [-0.05, 0) is 19.8 Å². The molecule has 0 aromatic heterocycles. The lowest BCUT2D eigenvalue weighted by Gasteiger charge is -2.08. The molecule has 0 spiro atoms. The summed E-state index contributed by atoms with van der Waals surface area (Å²) < 4.78 is 4.79. The first-order valence-corrected chi connectivity index (χ1v) is 12.8.